The van der Waals surface area contributed by atoms with Crippen LogP contribution >= 0.6 is 22.7 Å². The zero-order valence-electron chi connectivity index (χ0n) is 9.87. The van der Waals surface area contributed by atoms with Crippen LogP contribution in [0, 0.1) is 0 Å². The van der Waals surface area contributed by atoms with E-state index in [-0.39, 0.29) is 23.5 Å². The van der Waals surface area contributed by atoms with Crippen molar-refractivity contribution in [3.8, 4) is 0 Å². The fourth-order valence-corrected chi connectivity index (χ4v) is 4.87. The number of fused-ring (bicyclic) bond motifs is 1. The van der Waals surface area contributed by atoms with Crippen molar-refractivity contribution >= 4 is 42.1 Å². The molecule has 19 heavy (non-hydrogen) atoms. The smallest absolute Gasteiger partial charge is 0.247 e. The van der Waals surface area contributed by atoms with Gasteiger partial charge in [-0.1, -0.05) is 0 Å². The fourth-order valence-electron chi connectivity index (χ4n) is 1.53. The van der Waals surface area contributed by atoms with Crippen LogP contribution in [0.2, 0.25) is 0 Å². The lowest BCUT2D eigenvalue weighted by Crippen LogP contribution is -2.34. The Morgan fingerprint density at radius 3 is 2.47 bits per heavy atom. The van der Waals surface area contributed by atoms with Gasteiger partial charge in [-0.2, -0.15) is 0 Å². The van der Waals surface area contributed by atoms with Gasteiger partial charge in [-0.3, -0.25) is 0 Å². The minimum Gasteiger partial charge on any atom is -0.395 e. The number of thiophene rings is 2. The van der Waals surface area contributed by atoms with Crippen molar-refractivity contribution < 1.29 is 18.6 Å². The molecule has 0 aliphatic rings. The normalized spacial score (nSPS) is 12.6. The third kappa shape index (κ3) is 3.51. The second-order valence-corrected chi connectivity index (χ2v) is 8.24. The average Bonchev–Trinajstić information content (AvgIpc) is 2.87. The summed E-state index contributed by atoms with van der Waals surface area (Å²) in [5.41, 5.74) is 0. The summed E-state index contributed by atoms with van der Waals surface area (Å²) in [6.07, 6.45) is 0. The van der Waals surface area contributed by atoms with Gasteiger partial charge >= 0.3 is 0 Å². The molecule has 9 heteroatoms. The molecule has 2 aromatic heterocycles. The molecule has 106 valence electrons. The molecule has 0 saturated carbocycles. The first kappa shape index (κ1) is 14.9. The number of nitrogens with one attached hydrogen (secondary N) is 1. The Morgan fingerprint density at radius 1 is 1.26 bits per heavy atom. The molecule has 6 nitrogen and oxygen atoms in total. The predicted octanol–water partition coefficient (Wildman–Crippen LogP) is 0.0530. The lowest BCUT2D eigenvalue weighted by Gasteiger charge is -2.11. The number of rotatable bonds is 6. The number of nitrogens with two attached hydrogens (primary N) is 1. The van der Waals surface area contributed by atoms with E-state index < -0.39 is 10.0 Å². The van der Waals surface area contributed by atoms with Gasteiger partial charge < -0.3 is 15.5 Å². The lowest BCUT2D eigenvalue weighted by molar-refractivity contribution is 0.170. The first-order chi connectivity index (χ1) is 8.94. The van der Waals surface area contributed by atoms with Crippen LogP contribution in [0.1, 0.15) is 4.88 Å². The van der Waals surface area contributed by atoms with Crippen molar-refractivity contribution in [1.29, 1.82) is 0 Å². The SMILES string of the molecule is NS(=O)(=O)c1cc2cc(CNC(CO)CO)sc2s1. The molecule has 0 saturated heterocycles. The number of primary sulfonamides is 1. The van der Waals surface area contributed by atoms with Gasteiger partial charge in [0.05, 0.1) is 23.3 Å². The predicted molar refractivity (Wildman–Crippen MR) is 75.9 cm³/mol. The molecular weight excluding hydrogens is 308 g/mol. The van der Waals surface area contributed by atoms with Crippen LogP contribution in [0.25, 0.3) is 9.40 Å². The van der Waals surface area contributed by atoms with Gasteiger partial charge in [0.2, 0.25) is 10.0 Å². The maximum atomic E-state index is 11.2. The monoisotopic (exact) mass is 322 g/mol. The van der Waals surface area contributed by atoms with E-state index in [2.05, 4.69) is 5.32 Å². The van der Waals surface area contributed by atoms with Crippen LogP contribution in [0.4, 0.5) is 0 Å². The third-order valence-electron chi connectivity index (χ3n) is 2.53. The minimum absolute atomic E-state index is 0.133. The molecule has 2 heterocycles. The molecule has 0 aliphatic heterocycles. The average molecular weight is 322 g/mol. The summed E-state index contributed by atoms with van der Waals surface area (Å²) in [5, 5.41) is 26.8. The van der Waals surface area contributed by atoms with Crippen molar-refractivity contribution in [1.82, 2.24) is 5.32 Å². The molecule has 0 unspecified atom stereocenters. The summed E-state index contributed by atoms with van der Waals surface area (Å²) < 4.78 is 23.5. The Bertz CT molecular complexity index is 626. The molecule has 2 rings (SSSR count). The highest BCUT2D eigenvalue weighted by Gasteiger charge is 2.15. The summed E-state index contributed by atoms with van der Waals surface area (Å²) in [7, 11) is -3.64. The van der Waals surface area contributed by atoms with Gasteiger partial charge in [-0.15, -0.1) is 22.7 Å². The number of aliphatic hydroxyl groups excluding tert-OH is 2. The Morgan fingerprint density at radius 2 is 1.95 bits per heavy atom. The summed E-state index contributed by atoms with van der Waals surface area (Å²) in [6.45, 7) is 0.250. The molecule has 0 bridgehead atoms. The van der Waals surface area contributed by atoms with E-state index in [1.807, 2.05) is 6.07 Å². The maximum absolute atomic E-state index is 11.2. The van der Waals surface area contributed by atoms with Crippen molar-refractivity contribution in [2.24, 2.45) is 5.14 Å². The van der Waals surface area contributed by atoms with Gasteiger partial charge in [-0.25, -0.2) is 13.6 Å². The number of aliphatic hydroxyl groups is 2. The molecule has 0 fully saturated rings. The van der Waals surface area contributed by atoms with E-state index in [1.165, 1.54) is 11.3 Å². The highest BCUT2D eigenvalue weighted by Crippen LogP contribution is 2.35. The van der Waals surface area contributed by atoms with E-state index in [1.54, 1.807) is 6.07 Å². The molecule has 0 spiro atoms. The summed E-state index contributed by atoms with van der Waals surface area (Å²) in [4.78, 5) is 1.01. The summed E-state index contributed by atoms with van der Waals surface area (Å²) in [6, 6.07) is 3.09. The van der Waals surface area contributed by atoms with Gasteiger partial charge in [-0.05, 0) is 12.1 Å². The molecule has 0 amide bonds. The number of sulfonamides is 1. The molecule has 0 aliphatic carbocycles. The minimum atomic E-state index is -3.64. The van der Waals surface area contributed by atoms with Crippen molar-refractivity contribution in [3.63, 3.8) is 0 Å². The second-order valence-electron chi connectivity index (χ2n) is 4.01. The standard InChI is InChI=1S/C10H14N2O4S3/c11-19(15,16)9-2-6-1-8(17-10(6)18-9)3-12-7(4-13)5-14/h1-2,7,12-14H,3-5H2,(H2,11,15,16). The second kappa shape index (κ2) is 5.83. The third-order valence-corrected chi connectivity index (χ3v) is 6.34. The molecule has 5 N–H and O–H groups in total. The molecule has 0 radical (unpaired) electrons. The van der Waals surface area contributed by atoms with Gasteiger partial charge in [0.25, 0.3) is 0 Å². The molecule has 0 atom stereocenters. The molecule has 2 aromatic rings. The summed E-state index contributed by atoms with van der Waals surface area (Å²) >= 11 is 2.62. The lowest BCUT2D eigenvalue weighted by atomic mass is 10.3. The fraction of sp³-hybridized carbons (Fsp3) is 0.400. The van der Waals surface area contributed by atoms with E-state index in [4.69, 9.17) is 15.4 Å². The zero-order chi connectivity index (χ0) is 14.0. The largest absolute Gasteiger partial charge is 0.395 e. The van der Waals surface area contributed by atoms with Crippen LogP contribution in [0.5, 0.6) is 0 Å². The number of hydrogen-bond donors (Lipinski definition) is 4. The van der Waals surface area contributed by atoms with Crippen molar-refractivity contribution in [2.75, 3.05) is 13.2 Å². The maximum Gasteiger partial charge on any atom is 0.247 e. The van der Waals surface area contributed by atoms with Gasteiger partial charge in [0.1, 0.15) is 4.21 Å². The van der Waals surface area contributed by atoms with Crippen molar-refractivity contribution in [3.05, 3.63) is 17.0 Å². The Kier molecular flexibility index (Phi) is 4.56. The highest BCUT2D eigenvalue weighted by atomic mass is 32.2. The quantitative estimate of drug-likeness (QED) is 0.600. The van der Waals surface area contributed by atoms with E-state index in [9.17, 15) is 8.42 Å². The van der Waals surface area contributed by atoms with Crippen LogP contribution < -0.4 is 10.5 Å². The van der Waals surface area contributed by atoms with E-state index in [0.29, 0.717) is 6.54 Å². The van der Waals surface area contributed by atoms with E-state index >= 15 is 0 Å². The Hall–Kier alpha value is -0.550. The molecule has 0 aromatic carbocycles. The van der Waals surface area contributed by atoms with Crippen LogP contribution in [0.15, 0.2) is 16.3 Å². The highest BCUT2D eigenvalue weighted by molar-refractivity contribution is 7.91. The van der Waals surface area contributed by atoms with Crippen LogP contribution in [0.3, 0.4) is 0 Å². The first-order valence-corrected chi connectivity index (χ1v) is 8.62. The van der Waals surface area contributed by atoms with Gasteiger partial charge in [0.15, 0.2) is 0 Å². The van der Waals surface area contributed by atoms with Gasteiger partial charge in [0, 0.05) is 16.8 Å². The Balaban J connectivity index is 2.13. The topological polar surface area (TPSA) is 113 Å². The van der Waals surface area contributed by atoms with Crippen molar-refractivity contribution in [2.45, 2.75) is 16.8 Å². The first-order valence-electron chi connectivity index (χ1n) is 5.44. The molecular formula is C10H14N2O4S3. The Labute approximate surface area is 118 Å². The zero-order valence-corrected chi connectivity index (χ0v) is 12.3. The number of hydrogen-bond acceptors (Lipinski definition) is 7. The van der Waals surface area contributed by atoms with Crippen LogP contribution in [-0.4, -0.2) is 37.9 Å². The van der Waals surface area contributed by atoms with Crippen LogP contribution in [-0.2, 0) is 16.6 Å². The summed E-state index contributed by atoms with van der Waals surface area (Å²) in [5.74, 6) is 0. The van der Waals surface area contributed by atoms with E-state index in [0.717, 1.165) is 25.6 Å².